The molecule has 140 valence electrons. The number of rotatable bonds is 4. The fourth-order valence-electron chi connectivity index (χ4n) is 3.54. The standard InChI is InChI=1S/C20H17ClN6O/c1-12-19(25-26-24-12)13-5-6-22-17(7-13)18-9-27(11-23-18)8-14-10-28-20-15(14)3-2-4-16(20)21/h2-7,9,11,14H,8,10H2,1H3,(H,24,25,26)/t14-/m0/s1. The van der Waals surface area contributed by atoms with Crippen molar-refractivity contribution in [2.75, 3.05) is 6.61 Å². The Morgan fingerprint density at radius 1 is 1.25 bits per heavy atom. The van der Waals surface area contributed by atoms with Gasteiger partial charge >= 0.3 is 0 Å². The number of nitrogens with zero attached hydrogens (tertiary/aromatic N) is 5. The number of fused-ring (bicyclic) bond motifs is 1. The van der Waals surface area contributed by atoms with Gasteiger partial charge in [-0.3, -0.25) is 10.1 Å². The van der Waals surface area contributed by atoms with E-state index in [4.69, 9.17) is 16.3 Å². The molecule has 0 unspecified atom stereocenters. The van der Waals surface area contributed by atoms with E-state index in [2.05, 4.69) is 36.0 Å². The van der Waals surface area contributed by atoms with E-state index in [-0.39, 0.29) is 5.92 Å². The number of ether oxygens (including phenoxy) is 1. The number of hydrogen-bond donors (Lipinski definition) is 1. The van der Waals surface area contributed by atoms with Crippen molar-refractivity contribution in [2.45, 2.75) is 19.4 Å². The summed E-state index contributed by atoms with van der Waals surface area (Å²) in [5.41, 5.74) is 5.45. The normalized spacial score (nSPS) is 15.4. The van der Waals surface area contributed by atoms with Crippen LogP contribution in [0.1, 0.15) is 17.2 Å². The molecule has 5 rings (SSSR count). The summed E-state index contributed by atoms with van der Waals surface area (Å²) in [7, 11) is 0. The zero-order valence-corrected chi connectivity index (χ0v) is 15.9. The predicted octanol–water partition coefficient (Wildman–Crippen LogP) is 3.87. The van der Waals surface area contributed by atoms with Gasteiger partial charge in [-0.2, -0.15) is 0 Å². The van der Waals surface area contributed by atoms with E-state index >= 15 is 0 Å². The maximum Gasteiger partial charge on any atom is 0.141 e. The highest BCUT2D eigenvalue weighted by Crippen LogP contribution is 2.40. The van der Waals surface area contributed by atoms with Gasteiger partial charge in [0.05, 0.1) is 29.3 Å². The third kappa shape index (κ3) is 2.93. The molecule has 1 atom stereocenters. The highest BCUT2D eigenvalue weighted by Gasteiger charge is 2.26. The maximum absolute atomic E-state index is 6.23. The monoisotopic (exact) mass is 392 g/mol. The van der Waals surface area contributed by atoms with Crippen molar-refractivity contribution in [3.63, 3.8) is 0 Å². The molecule has 0 saturated heterocycles. The Bertz CT molecular complexity index is 1150. The summed E-state index contributed by atoms with van der Waals surface area (Å²) in [6.07, 6.45) is 5.60. The Balaban J connectivity index is 1.39. The van der Waals surface area contributed by atoms with Crippen LogP contribution in [-0.4, -0.2) is 36.6 Å². The van der Waals surface area contributed by atoms with E-state index < -0.39 is 0 Å². The van der Waals surface area contributed by atoms with Crippen LogP contribution in [0.15, 0.2) is 49.1 Å². The first-order chi connectivity index (χ1) is 13.7. The van der Waals surface area contributed by atoms with Crippen molar-refractivity contribution in [1.29, 1.82) is 0 Å². The number of hydrogen-bond acceptors (Lipinski definition) is 5. The summed E-state index contributed by atoms with van der Waals surface area (Å²) in [5.74, 6) is 1.04. The third-order valence-corrected chi connectivity index (χ3v) is 5.25. The van der Waals surface area contributed by atoms with Crippen LogP contribution >= 0.6 is 11.6 Å². The van der Waals surface area contributed by atoms with Crippen molar-refractivity contribution in [1.82, 2.24) is 29.9 Å². The number of aromatic amines is 1. The molecule has 0 amide bonds. The quantitative estimate of drug-likeness (QED) is 0.570. The minimum Gasteiger partial charge on any atom is -0.491 e. The Morgan fingerprint density at radius 3 is 3.04 bits per heavy atom. The number of aromatic nitrogens is 6. The van der Waals surface area contributed by atoms with Crippen LogP contribution in [0.4, 0.5) is 0 Å². The Kier molecular flexibility index (Phi) is 4.09. The molecule has 3 aromatic heterocycles. The lowest BCUT2D eigenvalue weighted by atomic mass is 10.0. The summed E-state index contributed by atoms with van der Waals surface area (Å²) >= 11 is 6.23. The second kappa shape index (κ2) is 6.76. The Hall–Kier alpha value is -3.19. The lowest BCUT2D eigenvalue weighted by Crippen LogP contribution is -2.09. The van der Waals surface area contributed by atoms with Gasteiger partial charge in [0.2, 0.25) is 0 Å². The SMILES string of the molecule is Cc1[nH]nnc1-c1ccnc(-c2cn(C[C@H]3COc4c(Cl)cccc43)cn2)c1. The predicted molar refractivity (Wildman–Crippen MR) is 105 cm³/mol. The number of nitrogens with one attached hydrogen (secondary N) is 1. The van der Waals surface area contributed by atoms with Gasteiger partial charge in [-0.05, 0) is 25.1 Å². The van der Waals surface area contributed by atoms with Gasteiger partial charge in [0.15, 0.2) is 0 Å². The molecule has 4 heterocycles. The lowest BCUT2D eigenvalue weighted by Gasteiger charge is -2.09. The van der Waals surface area contributed by atoms with Gasteiger partial charge in [-0.1, -0.05) is 28.9 Å². The number of H-pyrrole nitrogens is 1. The molecule has 1 aromatic carbocycles. The average molecular weight is 393 g/mol. The zero-order valence-electron chi connectivity index (χ0n) is 15.1. The van der Waals surface area contributed by atoms with Gasteiger partial charge < -0.3 is 9.30 Å². The van der Waals surface area contributed by atoms with Crippen molar-refractivity contribution in [3.05, 3.63) is 65.3 Å². The second-order valence-electron chi connectivity index (χ2n) is 6.84. The summed E-state index contributed by atoms with van der Waals surface area (Å²) < 4.78 is 7.84. The van der Waals surface area contributed by atoms with E-state index in [1.165, 1.54) is 0 Å². The molecule has 1 aliphatic rings. The average Bonchev–Trinajstić information content (AvgIpc) is 3.43. The Morgan fingerprint density at radius 2 is 2.18 bits per heavy atom. The lowest BCUT2D eigenvalue weighted by molar-refractivity contribution is 0.319. The van der Waals surface area contributed by atoms with Crippen LogP contribution in [0.2, 0.25) is 5.02 Å². The van der Waals surface area contributed by atoms with E-state index in [9.17, 15) is 0 Å². The molecular formula is C20H17ClN6O. The summed E-state index contributed by atoms with van der Waals surface area (Å²) in [4.78, 5) is 9.00. The molecule has 0 spiro atoms. The van der Waals surface area contributed by atoms with E-state index in [0.717, 1.165) is 46.2 Å². The van der Waals surface area contributed by atoms with Crippen LogP contribution < -0.4 is 4.74 Å². The molecule has 0 saturated carbocycles. The highest BCUT2D eigenvalue weighted by atomic mass is 35.5. The number of para-hydroxylation sites is 1. The number of aryl methyl sites for hydroxylation is 1. The molecule has 7 nitrogen and oxygen atoms in total. The summed E-state index contributed by atoms with van der Waals surface area (Å²) in [6.45, 7) is 3.33. The smallest absolute Gasteiger partial charge is 0.141 e. The van der Waals surface area contributed by atoms with E-state index in [1.807, 2.05) is 43.7 Å². The number of pyridine rings is 1. The van der Waals surface area contributed by atoms with Crippen LogP contribution in [0.3, 0.4) is 0 Å². The minimum absolute atomic E-state index is 0.243. The summed E-state index contributed by atoms with van der Waals surface area (Å²) in [6, 6.07) is 9.78. The van der Waals surface area contributed by atoms with Crippen LogP contribution in [0.5, 0.6) is 5.75 Å². The molecule has 0 radical (unpaired) electrons. The molecule has 1 N–H and O–H groups in total. The number of benzene rings is 1. The fourth-order valence-corrected chi connectivity index (χ4v) is 3.78. The van der Waals surface area contributed by atoms with Crippen LogP contribution in [0.25, 0.3) is 22.6 Å². The molecule has 0 aliphatic carbocycles. The summed E-state index contributed by atoms with van der Waals surface area (Å²) in [5, 5.41) is 11.5. The van der Waals surface area contributed by atoms with Crippen LogP contribution in [0, 0.1) is 6.92 Å². The third-order valence-electron chi connectivity index (χ3n) is 4.95. The number of halogens is 1. The molecular weight excluding hydrogens is 376 g/mol. The number of imidazole rings is 1. The zero-order chi connectivity index (χ0) is 19.1. The van der Waals surface area contributed by atoms with Crippen LogP contribution in [-0.2, 0) is 6.54 Å². The van der Waals surface area contributed by atoms with Gasteiger partial charge in [-0.25, -0.2) is 4.98 Å². The second-order valence-corrected chi connectivity index (χ2v) is 7.24. The van der Waals surface area contributed by atoms with Gasteiger partial charge in [0, 0.05) is 36.0 Å². The molecule has 0 bridgehead atoms. The Labute approximate surface area is 166 Å². The van der Waals surface area contributed by atoms with Crippen molar-refractivity contribution >= 4 is 11.6 Å². The minimum atomic E-state index is 0.243. The highest BCUT2D eigenvalue weighted by molar-refractivity contribution is 6.32. The fraction of sp³-hybridized carbons (Fsp3) is 0.200. The van der Waals surface area contributed by atoms with Gasteiger partial charge in [0.25, 0.3) is 0 Å². The van der Waals surface area contributed by atoms with Gasteiger partial charge in [-0.15, -0.1) is 5.10 Å². The van der Waals surface area contributed by atoms with Crippen molar-refractivity contribution < 1.29 is 4.74 Å². The maximum atomic E-state index is 6.23. The van der Waals surface area contributed by atoms with Crippen molar-refractivity contribution in [2.24, 2.45) is 0 Å². The van der Waals surface area contributed by atoms with E-state index in [0.29, 0.717) is 11.6 Å². The first kappa shape index (κ1) is 16.9. The molecule has 4 aromatic rings. The van der Waals surface area contributed by atoms with Gasteiger partial charge in [0.1, 0.15) is 17.1 Å². The first-order valence-electron chi connectivity index (χ1n) is 8.96. The molecule has 0 fully saturated rings. The topological polar surface area (TPSA) is 81.5 Å². The molecule has 28 heavy (non-hydrogen) atoms. The largest absolute Gasteiger partial charge is 0.491 e. The molecule has 1 aliphatic heterocycles. The molecule has 8 heteroatoms. The first-order valence-corrected chi connectivity index (χ1v) is 9.34. The van der Waals surface area contributed by atoms with Crippen molar-refractivity contribution in [3.8, 4) is 28.4 Å². The van der Waals surface area contributed by atoms with E-state index in [1.54, 1.807) is 6.20 Å².